The Balaban J connectivity index is 1.75. The third kappa shape index (κ3) is 3.74. The van der Waals surface area contributed by atoms with Gasteiger partial charge in [0.25, 0.3) is 5.91 Å². The number of H-pyrrole nitrogens is 1. The zero-order chi connectivity index (χ0) is 24.0. The highest BCUT2D eigenvalue weighted by molar-refractivity contribution is 6.35. The number of fused-ring (bicyclic) bond motifs is 4. The number of aromatic nitrogens is 4. The summed E-state index contributed by atoms with van der Waals surface area (Å²) in [5.74, 6) is -0.0869. The molecule has 174 valence electrons. The molecule has 0 atom stereocenters. The highest BCUT2D eigenvalue weighted by atomic mass is 35.5. The smallest absolute Gasteiger partial charge is 0.274 e. The average Bonchev–Trinajstić information content (AvgIpc) is 3.37. The molecule has 2 bridgehead atoms. The molecule has 5 rings (SSSR count). The van der Waals surface area contributed by atoms with Crippen LogP contribution in [0.3, 0.4) is 0 Å². The summed E-state index contributed by atoms with van der Waals surface area (Å²) < 4.78 is 21.9. The molecule has 1 amide bonds. The first-order chi connectivity index (χ1) is 16.4. The maximum atomic E-state index is 14.2. The van der Waals surface area contributed by atoms with Crippen LogP contribution in [0.2, 0.25) is 5.02 Å². The summed E-state index contributed by atoms with van der Waals surface area (Å²) in [5, 5.41) is 13.1. The van der Waals surface area contributed by atoms with Gasteiger partial charge in [-0.05, 0) is 54.5 Å². The van der Waals surface area contributed by atoms with Gasteiger partial charge in [0, 0.05) is 36.3 Å². The predicted octanol–water partition coefficient (Wildman–Crippen LogP) is 4.95. The molecule has 0 fully saturated rings. The van der Waals surface area contributed by atoms with Crippen molar-refractivity contribution in [3.8, 4) is 16.9 Å². The van der Waals surface area contributed by atoms with E-state index in [1.54, 1.807) is 28.8 Å². The molecule has 3 heterocycles. The highest BCUT2D eigenvalue weighted by Gasteiger charge is 2.23. The molecular weight excluding hydrogens is 457 g/mol. The first-order valence-corrected chi connectivity index (χ1v) is 11.3. The molecular formula is C25H23ClFN5O2. The Kier molecular flexibility index (Phi) is 5.61. The van der Waals surface area contributed by atoms with Gasteiger partial charge >= 0.3 is 0 Å². The van der Waals surface area contributed by atoms with Gasteiger partial charge in [-0.3, -0.25) is 14.6 Å². The standard InChI is InChI=1S/C25H23ClFN5O2/c1-4-21-16-6-7-20-18-11-14(12-19(26)23(18)29-28-20)17-13-15(27)5-8-22(17)34-10-9-31(2)25(33)24(16)30-32(21)3/h5-8,11-13H,4,9-10H2,1-3H3,(H,28,29). The molecule has 0 spiro atoms. The minimum Gasteiger partial charge on any atom is -0.491 e. The van der Waals surface area contributed by atoms with Gasteiger partial charge in [-0.25, -0.2) is 4.39 Å². The summed E-state index contributed by atoms with van der Waals surface area (Å²) in [6.07, 6.45) is 4.46. The van der Waals surface area contributed by atoms with Crippen molar-refractivity contribution in [3.63, 3.8) is 0 Å². The monoisotopic (exact) mass is 479 g/mol. The molecule has 1 aliphatic rings. The van der Waals surface area contributed by atoms with Crippen LogP contribution < -0.4 is 4.74 Å². The number of carbonyl (C=O) groups is 1. The van der Waals surface area contributed by atoms with Crippen molar-refractivity contribution >= 4 is 40.6 Å². The molecule has 7 nitrogen and oxygen atoms in total. The molecule has 4 aromatic rings. The SMILES string of the molecule is CCc1c2c(nn1C)C(=O)N(C)CCOc1ccc(F)cc1-c1cc(Cl)c3n[nH]c(c3c1)C=C2. The van der Waals surface area contributed by atoms with Gasteiger partial charge in [0.15, 0.2) is 5.69 Å². The van der Waals surface area contributed by atoms with Gasteiger partial charge in [0.1, 0.15) is 23.7 Å². The molecule has 0 radical (unpaired) electrons. The number of rotatable bonds is 1. The third-order valence-electron chi connectivity index (χ3n) is 6.09. The molecule has 0 aliphatic carbocycles. The van der Waals surface area contributed by atoms with Gasteiger partial charge in [-0.15, -0.1) is 0 Å². The second-order valence-electron chi connectivity index (χ2n) is 8.23. The van der Waals surface area contributed by atoms with E-state index in [0.717, 1.165) is 16.6 Å². The van der Waals surface area contributed by atoms with Crippen molar-refractivity contribution in [1.82, 2.24) is 24.9 Å². The molecule has 0 saturated heterocycles. The van der Waals surface area contributed by atoms with Crippen LogP contribution in [0.5, 0.6) is 5.75 Å². The summed E-state index contributed by atoms with van der Waals surface area (Å²) in [7, 11) is 3.55. The van der Waals surface area contributed by atoms with E-state index in [1.807, 2.05) is 32.2 Å². The molecule has 34 heavy (non-hydrogen) atoms. The third-order valence-corrected chi connectivity index (χ3v) is 6.37. The van der Waals surface area contributed by atoms with Crippen molar-refractivity contribution in [2.75, 3.05) is 20.2 Å². The van der Waals surface area contributed by atoms with E-state index < -0.39 is 0 Å². The Labute approximate surface area is 200 Å². The zero-order valence-corrected chi connectivity index (χ0v) is 19.8. The molecule has 2 aromatic heterocycles. The summed E-state index contributed by atoms with van der Waals surface area (Å²) >= 11 is 6.56. The molecule has 1 aliphatic heterocycles. The number of likely N-dealkylation sites (N-methyl/N-ethyl adjacent to an activating group) is 1. The minimum absolute atomic E-state index is 0.203. The van der Waals surface area contributed by atoms with Crippen molar-refractivity contribution in [1.29, 1.82) is 0 Å². The summed E-state index contributed by atoms with van der Waals surface area (Å²) in [4.78, 5) is 14.8. The Morgan fingerprint density at radius 2 is 2.03 bits per heavy atom. The first-order valence-electron chi connectivity index (χ1n) is 11.0. The van der Waals surface area contributed by atoms with Gasteiger partial charge in [0.2, 0.25) is 0 Å². The molecule has 9 heteroatoms. The second-order valence-corrected chi connectivity index (χ2v) is 8.63. The lowest BCUT2D eigenvalue weighted by atomic mass is 10.0. The number of nitrogens with one attached hydrogen (secondary N) is 1. The van der Waals surface area contributed by atoms with E-state index in [4.69, 9.17) is 16.3 Å². The first kappa shape index (κ1) is 22.2. The number of benzene rings is 2. The number of hydrogen-bond acceptors (Lipinski definition) is 4. The zero-order valence-electron chi connectivity index (χ0n) is 19.0. The number of hydrogen-bond donors (Lipinski definition) is 1. The van der Waals surface area contributed by atoms with Crippen molar-refractivity contribution in [3.05, 3.63) is 63.8 Å². The van der Waals surface area contributed by atoms with Crippen molar-refractivity contribution in [2.24, 2.45) is 7.05 Å². The molecule has 1 N–H and O–H groups in total. The number of nitrogens with zero attached hydrogens (tertiary/aromatic N) is 4. The van der Waals surface area contributed by atoms with Crippen LogP contribution in [0.1, 0.15) is 34.4 Å². The average molecular weight is 480 g/mol. The quantitative estimate of drug-likeness (QED) is 0.419. The minimum atomic E-state index is -0.384. The molecule has 2 aromatic carbocycles. The Bertz CT molecular complexity index is 1460. The van der Waals surface area contributed by atoms with Gasteiger partial charge < -0.3 is 9.64 Å². The van der Waals surface area contributed by atoms with Crippen LogP contribution in [0.4, 0.5) is 4.39 Å². The van der Waals surface area contributed by atoms with E-state index in [2.05, 4.69) is 15.3 Å². The highest BCUT2D eigenvalue weighted by Crippen LogP contribution is 2.37. The number of aromatic amines is 1. The second kappa shape index (κ2) is 8.61. The number of amides is 1. The van der Waals surface area contributed by atoms with Crippen LogP contribution in [0.15, 0.2) is 30.3 Å². The fraction of sp³-hybridized carbons (Fsp3) is 0.240. The lowest BCUT2D eigenvalue weighted by Gasteiger charge is -2.18. The Morgan fingerprint density at radius 1 is 1.21 bits per heavy atom. The lowest BCUT2D eigenvalue weighted by Crippen LogP contribution is -2.31. The normalized spacial score (nSPS) is 14.0. The molecule has 0 saturated carbocycles. The number of halogens is 2. The van der Waals surface area contributed by atoms with Gasteiger partial charge in [-0.2, -0.15) is 10.2 Å². The predicted molar refractivity (Wildman–Crippen MR) is 130 cm³/mol. The van der Waals surface area contributed by atoms with E-state index in [0.29, 0.717) is 51.8 Å². The van der Waals surface area contributed by atoms with Crippen LogP contribution in [-0.4, -0.2) is 51.0 Å². The summed E-state index contributed by atoms with van der Waals surface area (Å²) in [5.41, 5.74) is 4.67. The van der Waals surface area contributed by atoms with E-state index >= 15 is 0 Å². The summed E-state index contributed by atoms with van der Waals surface area (Å²) in [6.45, 7) is 2.59. The van der Waals surface area contributed by atoms with E-state index in [1.165, 1.54) is 12.1 Å². The lowest BCUT2D eigenvalue weighted by molar-refractivity contribution is 0.0767. The number of ether oxygens (including phenoxy) is 1. The fourth-order valence-electron chi connectivity index (χ4n) is 4.30. The van der Waals surface area contributed by atoms with Crippen LogP contribution >= 0.6 is 11.6 Å². The molecule has 0 unspecified atom stereocenters. The van der Waals surface area contributed by atoms with Crippen LogP contribution in [0.25, 0.3) is 34.2 Å². The van der Waals surface area contributed by atoms with Crippen LogP contribution in [-0.2, 0) is 13.5 Å². The maximum Gasteiger partial charge on any atom is 0.274 e. The van der Waals surface area contributed by atoms with E-state index in [9.17, 15) is 9.18 Å². The Morgan fingerprint density at radius 3 is 2.82 bits per heavy atom. The number of aryl methyl sites for hydroxylation is 1. The van der Waals surface area contributed by atoms with Crippen LogP contribution in [0, 0.1) is 5.82 Å². The fourth-order valence-corrected chi connectivity index (χ4v) is 4.56. The van der Waals surface area contributed by atoms with Gasteiger partial charge in [-0.1, -0.05) is 18.5 Å². The van der Waals surface area contributed by atoms with Gasteiger partial charge in [0.05, 0.1) is 17.3 Å². The number of carbonyl (C=O) groups excluding carboxylic acids is 1. The maximum absolute atomic E-state index is 14.2. The summed E-state index contributed by atoms with van der Waals surface area (Å²) in [6, 6.07) is 8.02. The van der Waals surface area contributed by atoms with Crippen molar-refractivity contribution in [2.45, 2.75) is 13.3 Å². The van der Waals surface area contributed by atoms with Crippen molar-refractivity contribution < 1.29 is 13.9 Å². The van der Waals surface area contributed by atoms with E-state index in [-0.39, 0.29) is 18.3 Å². The topological polar surface area (TPSA) is 76.0 Å². The largest absolute Gasteiger partial charge is 0.491 e. The Hall–Kier alpha value is -3.65.